The maximum absolute atomic E-state index is 13.2. The topological polar surface area (TPSA) is 220 Å². The smallest absolute Gasteiger partial charge is 0.339 e. The van der Waals surface area contributed by atoms with Gasteiger partial charge in [-0.1, -0.05) is 13.2 Å². The van der Waals surface area contributed by atoms with Crippen LogP contribution in [-0.4, -0.2) is 92.8 Å². The van der Waals surface area contributed by atoms with E-state index in [0.29, 0.717) is 133 Å². The molecule has 3 fully saturated rings. The minimum Gasteiger partial charge on any atom is -0.494 e. The van der Waals surface area contributed by atoms with Gasteiger partial charge in [-0.2, -0.15) is 0 Å². The molecule has 3 aliphatic carbocycles. The minimum absolute atomic E-state index is 0.0111. The van der Waals surface area contributed by atoms with Crippen LogP contribution in [0.15, 0.2) is 92.0 Å². The Hall–Kier alpha value is -7.30. The van der Waals surface area contributed by atoms with Crippen LogP contribution in [0.4, 0.5) is 0 Å². The first-order valence-corrected chi connectivity index (χ1v) is 27.1. The molecule has 0 saturated heterocycles. The van der Waals surface area contributed by atoms with Crippen molar-refractivity contribution in [3.05, 3.63) is 109 Å². The largest absolute Gasteiger partial charge is 0.494 e. The Bertz CT molecular complexity index is 2440. The molecule has 3 aromatic carbocycles. The summed E-state index contributed by atoms with van der Waals surface area (Å²) in [4.78, 5) is 99.8. The van der Waals surface area contributed by atoms with Crippen molar-refractivity contribution in [2.24, 2.45) is 17.8 Å². The van der Waals surface area contributed by atoms with Crippen molar-refractivity contribution >= 4 is 48.1 Å². The van der Waals surface area contributed by atoms with Crippen LogP contribution in [-0.2, 0) is 47.7 Å². The standard InChI is InChI=1S/C60H72O17/c1-3-54(62)71-37-11-7-5-9-35-69-46-21-13-41(14-22-46)56(64)73-48-23-15-42(16-24-48)57(65)74-49-25-17-44(18-26-49)59(67)77-52-33-34-53(45(39-52)40-61)60(68)76-50-27-19-43(20-28-50)58(66)75-51-31-29-47(30-32-51)70-36-10-6-8-12-38-72-55(63)4-2/h3-4,13-14,21-22,29-34,39-40,42-44,48-50H,1-2,5-12,15-20,23-28,35-38H2/t42-,43-,44-,48-,49-,50-. The molecule has 0 N–H and O–H groups in total. The number of hydrogen-bond donors (Lipinski definition) is 0. The van der Waals surface area contributed by atoms with Crippen molar-refractivity contribution in [2.75, 3.05) is 26.4 Å². The Kier molecular flexibility index (Phi) is 24.3. The molecule has 0 atom stereocenters. The summed E-state index contributed by atoms with van der Waals surface area (Å²) >= 11 is 0. The summed E-state index contributed by atoms with van der Waals surface area (Å²) in [6.45, 7) is 8.54. The summed E-state index contributed by atoms with van der Waals surface area (Å²) in [6.07, 6.45) is 14.4. The summed E-state index contributed by atoms with van der Waals surface area (Å²) in [5.41, 5.74) is 0.460. The Morgan fingerprint density at radius 1 is 0.429 bits per heavy atom. The number of unbranched alkanes of at least 4 members (excludes halogenated alkanes) is 6. The predicted molar refractivity (Wildman–Crippen MR) is 280 cm³/mol. The lowest BCUT2D eigenvalue weighted by Crippen LogP contribution is -2.33. The van der Waals surface area contributed by atoms with Gasteiger partial charge in [-0.05, 0) is 195 Å². The van der Waals surface area contributed by atoms with Gasteiger partial charge in [0.25, 0.3) is 0 Å². The van der Waals surface area contributed by atoms with E-state index in [1.807, 2.05) is 0 Å². The van der Waals surface area contributed by atoms with Crippen LogP contribution in [0.2, 0.25) is 0 Å². The fourth-order valence-corrected chi connectivity index (χ4v) is 9.48. The summed E-state index contributed by atoms with van der Waals surface area (Å²) in [7, 11) is 0. The third-order valence-corrected chi connectivity index (χ3v) is 14.0. The molecule has 77 heavy (non-hydrogen) atoms. The van der Waals surface area contributed by atoms with E-state index in [4.69, 9.17) is 42.6 Å². The number of rotatable bonds is 29. The molecule has 0 aromatic heterocycles. The van der Waals surface area contributed by atoms with E-state index in [0.717, 1.165) is 63.5 Å². The molecule has 0 aliphatic heterocycles. The van der Waals surface area contributed by atoms with Gasteiger partial charge in [0.2, 0.25) is 0 Å². The van der Waals surface area contributed by atoms with E-state index in [1.54, 1.807) is 48.5 Å². The second kappa shape index (κ2) is 31.7. The fraction of sp³-hybridized carbons (Fsp3) is 0.500. The molecule has 0 amide bonds. The molecule has 0 bridgehead atoms. The first-order chi connectivity index (χ1) is 37.4. The van der Waals surface area contributed by atoms with Crippen LogP contribution in [0.5, 0.6) is 23.0 Å². The first kappa shape index (κ1) is 59.0. The van der Waals surface area contributed by atoms with Crippen LogP contribution >= 0.6 is 0 Å². The second-order valence-corrected chi connectivity index (χ2v) is 19.6. The normalized spacial score (nSPS) is 19.9. The van der Waals surface area contributed by atoms with Crippen LogP contribution in [0.25, 0.3) is 0 Å². The van der Waals surface area contributed by atoms with Gasteiger partial charge < -0.3 is 42.6 Å². The van der Waals surface area contributed by atoms with E-state index < -0.39 is 41.9 Å². The minimum atomic E-state index is -0.693. The highest BCUT2D eigenvalue weighted by molar-refractivity contribution is 5.99. The van der Waals surface area contributed by atoms with E-state index in [9.17, 15) is 38.4 Å². The van der Waals surface area contributed by atoms with Gasteiger partial charge >= 0.3 is 41.8 Å². The number of carbonyl (C=O) groups excluding carboxylic acids is 8. The lowest BCUT2D eigenvalue weighted by Gasteiger charge is -2.31. The lowest BCUT2D eigenvalue weighted by atomic mass is 9.86. The maximum Gasteiger partial charge on any atom is 0.339 e. The maximum atomic E-state index is 13.2. The van der Waals surface area contributed by atoms with E-state index >= 15 is 0 Å². The quantitative estimate of drug-likeness (QED) is 0.0158. The van der Waals surface area contributed by atoms with Crippen molar-refractivity contribution in [1.82, 2.24) is 0 Å². The molecular weight excluding hydrogens is 993 g/mol. The molecule has 414 valence electrons. The molecule has 3 saturated carbocycles. The summed E-state index contributed by atoms with van der Waals surface area (Å²) < 4.78 is 50.2. The third kappa shape index (κ3) is 20.0. The summed E-state index contributed by atoms with van der Waals surface area (Å²) in [5.74, 6) is -2.38. The zero-order valence-corrected chi connectivity index (χ0v) is 43.9. The monoisotopic (exact) mass is 1060 g/mol. The van der Waals surface area contributed by atoms with Crippen molar-refractivity contribution in [1.29, 1.82) is 0 Å². The van der Waals surface area contributed by atoms with Crippen LogP contribution < -0.4 is 18.9 Å². The predicted octanol–water partition coefficient (Wildman–Crippen LogP) is 10.6. The molecule has 17 nitrogen and oxygen atoms in total. The lowest BCUT2D eigenvalue weighted by molar-refractivity contribution is -0.158. The number of benzene rings is 3. The van der Waals surface area contributed by atoms with Crippen molar-refractivity contribution in [3.8, 4) is 23.0 Å². The second-order valence-electron chi connectivity index (χ2n) is 19.6. The zero-order valence-electron chi connectivity index (χ0n) is 43.9. The van der Waals surface area contributed by atoms with E-state index in [2.05, 4.69) is 13.2 Å². The molecule has 6 rings (SSSR count). The molecule has 3 aliphatic rings. The van der Waals surface area contributed by atoms with Gasteiger partial charge in [0.05, 0.1) is 55.3 Å². The Labute approximate surface area is 450 Å². The third-order valence-electron chi connectivity index (χ3n) is 14.0. The SMILES string of the molecule is C=CC(=O)OCCCCCCOc1ccc(OC(=O)[C@H]2CC[C@H](OC(=O)c3ccc(OC(=O)[C@H]4CC[C@H](OC(=O)[C@H]5CC[C@H](OC(=O)c6ccc(OCCCCCCOC(=O)C=C)cc6)CC5)CC4)cc3C=O)CC2)cc1. The van der Waals surface area contributed by atoms with Crippen molar-refractivity contribution in [3.63, 3.8) is 0 Å². The number of aldehydes is 1. The Morgan fingerprint density at radius 3 is 1.29 bits per heavy atom. The Balaban J connectivity index is 0.815. The number of esters is 7. The molecular formula is C60H72O17. The van der Waals surface area contributed by atoms with Crippen LogP contribution in [0, 0.1) is 17.8 Å². The van der Waals surface area contributed by atoms with Crippen molar-refractivity contribution in [2.45, 2.75) is 147 Å². The average Bonchev–Trinajstić information content (AvgIpc) is 3.45. The van der Waals surface area contributed by atoms with Gasteiger partial charge in [-0.25, -0.2) is 19.2 Å². The van der Waals surface area contributed by atoms with Gasteiger partial charge in [-0.3, -0.25) is 19.2 Å². The number of carbonyl (C=O) groups is 8. The summed E-state index contributed by atoms with van der Waals surface area (Å²) in [6, 6.07) is 17.8. The molecule has 17 heteroatoms. The fourth-order valence-electron chi connectivity index (χ4n) is 9.48. The molecule has 0 unspecified atom stereocenters. The molecule has 0 heterocycles. The van der Waals surface area contributed by atoms with Gasteiger partial charge in [0.15, 0.2) is 6.29 Å². The van der Waals surface area contributed by atoms with Gasteiger partial charge in [0, 0.05) is 17.7 Å². The highest BCUT2D eigenvalue weighted by atomic mass is 16.6. The van der Waals surface area contributed by atoms with Crippen molar-refractivity contribution < 1.29 is 81.0 Å². The molecule has 0 spiro atoms. The van der Waals surface area contributed by atoms with E-state index in [1.165, 1.54) is 18.2 Å². The van der Waals surface area contributed by atoms with E-state index in [-0.39, 0.29) is 52.9 Å². The Morgan fingerprint density at radius 2 is 0.818 bits per heavy atom. The van der Waals surface area contributed by atoms with Gasteiger partial charge in [-0.15, -0.1) is 0 Å². The average molecular weight is 1070 g/mol. The number of ether oxygens (including phenoxy) is 9. The summed E-state index contributed by atoms with van der Waals surface area (Å²) in [5, 5.41) is 0. The zero-order chi connectivity index (χ0) is 54.8. The highest BCUT2D eigenvalue weighted by Gasteiger charge is 2.35. The van der Waals surface area contributed by atoms with Gasteiger partial charge in [0.1, 0.15) is 41.3 Å². The highest BCUT2D eigenvalue weighted by Crippen LogP contribution is 2.34. The molecule has 3 aromatic rings. The molecule has 0 radical (unpaired) electrons. The number of hydrogen-bond acceptors (Lipinski definition) is 17. The first-order valence-electron chi connectivity index (χ1n) is 27.1. The van der Waals surface area contributed by atoms with Crippen LogP contribution in [0.3, 0.4) is 0 Å². The van der Waals surface area contributed by atoms with Crippen LogP contribution in [0.1, 0.15) is 159 Å².